The highest BCUT2D eigenvalue weighted by Crippen LogP contribution is 2.30. The third-order valence-corrected chi connectivity index (χ3v) is 3.86. The van der Waals surface area contributed by atoms with Crippen LogP contribution in [0, 0.1) is 24.4 Å². The molecule has 8 heteroatoms. The van der Waals surface area contributed by atoms with Crippen LogP contribution in [0.4, 0.5) is 24.5 Å². The molecule has 2 rings (SSSR count). The normalized spacial score (nSPS) is 10.5. The van der Waals surface area contributed by atoms with Crippen molar-refractivity contribution in [2.75, 3.05) is 24.3 Å². The summed E-state index contributed by atoms with van der Waals surface area (Å²) in [5.74, 6) is -4.42. The van der Waals surface area contributed by atoms with Crippen LogP contribution in [0.25, 0.3) is 0 Å². The van der Waals surface area contributed by atoms with Crippen molar-refractivity contribution in [3.63, 3.8) is 0 Å². The molecular weight excluding hydrogens is 357 g/mol. The van der Waals surface area contributed by atoms with Crippen molar-refractivity contribution >= 4 is 28.9 Å². The van der Waals surface area contributed by atoms with E-state index in [2.05, 4.69) is 10.6 Å². The van der Waals surface area contributed by atoms with E-state index in [0.29, 0.717) is 16.5 Å². The molecule has 0 saturated heterocycles. The lowest BCUT2D eigenvalue weighted by Crippen LogP contribution is -2.17. The molecule has 0 aromatic heterocycles. The molecule has 0 aliphatic rings. The van der Waals surface area contributed by atoms with E-state index in [1.54, 1.807) is 12.1 Å². The number of rotatable bonds is 6. The minimum Gasteiger partial charge on any atom is -0.495 e. The topological polar surface area (TPSA) is 50.4 Å². The smallest absolute Gasteiger partial charge is 0.226 e. The molecule has 0 saturated carbocycles. The summed E-state index contributed by atoms with van der Waals surface area (Å²) in [5.41, 5.74) is 1.07. The zero-order chi connectivity index (χ0) is 18.6. The molecule has 2 aromatic rings. The van der Waals surface area contributed by atoms with Crippen molar-refractivity contribution in [2.24, 2.45) is 0 Å². The molecular formula is C17H16ClF3N2O2. The number of anilines is 2. The summed E-state index contributed by atoms with van der Waals surface area (Å²) < 4.78 is 44.7. The predicted octanol–water partition coefficient (Wildman–Crippen LogP) is 4.52. The number of carbonyl (C=O) groups is 1. The Labute approximate surface area is 147 Å². The van der Waals surface area contributed by atoms with Crippen molar-refractivity contribution in [3.8, 4) is 5.75 Å². The fourth-order valence-electron chi connectivity index (χ4n) is 2.12. The van der Waals surface area contributed by atoms with Gasteiger partial charge in [0.1, 0.15) is 5.75 Å². The Bertz CT molecular complexity index is 800. The third kappa shape index (κ3) is 4.57. The molecule has 0 unspecified atom stereocenters. The minimum atomic E-state index is -1.63. The van der Waals surface area contributed by atoms with E-state index < -0.39 is 29.0 Å². The number of carbonyl (C=O) groups excluding carboxylic acids is 1. The van der Waals surface area contributed by atoms with Gasteiger partial charge in [0.2, 0.25) is 5.91 Å². The summed E-state index contributed by atoms with van der Waals surface area (Å²) in [7, 11) is 1.49. The van der Waals surface area contributed by atoms with Crippen molar-refractivity contribution in [1.82, 2.24) is 0 Å². The van der Waals surface area contributed by atoms with E-state index in [4.69, 9.17) is 16.3 Å². The second-order valence-corrected chi connectivity index (χ2v) is 5.66. The lowest BCUT2D eigenvalue weighted by Gasteiger charge is -2.13. The van der Waals surface area contributed by atoms with E-state index in [1.807, 2.05) is 6.92 Å². The van der Waals surface area contributed by atoms with Crippen LogP contribution in [0.1, 0.15) is 12.0 Å². The molecule has 0 aliphatic carbocycles. The van der Waals surface area contributed by atoms with Gasteiger partial charge in [-0.05, 0) is 30.7 Å². The van der Waals surface area contributed by atoms with E-state index in [-0.39, 0.29) is 13.0 Å². The van der Waals surface area contributed by atoms with Crippen molar-refractivity contribution < 1.29 is 22.7 Å². The van der Waals surface area contributed by atoms with Gasteiger partial charge in [0.15, 0.2) is 17.5 Å². The monoisotopic (exact) mass is 372 g/mol. The molecule has 0 bridgehead atoms. The van der Waals surface area contributed by atoms with Gasteiger partial charge in [0.05, 0.1) is 18.5 Å². The Balaban J connectivity index is 1.95. The zero-order valence-corrected chi connectivity index (χ0v) is 14.3. The number of methoxy groups -OCH3 is 1. The van der Waals surface area contributed by atoms with Crippen LogP contribution in [-0.2, 0) is 4.79 Å². The molecule has 134 valence electrons. The molecule has 2 N–H and O–H groups in total. The molecule has 25 heavy (non-hydrogen) atoms. The van der Waals surface area contributed by atoms with E-state index in [0.717, 1.165) is 17.7 Å². The maximum atomic E-state index is 13.5. The zero-order valence-electron chi connectivity index (χ0n) is 13.6. The van der Waals surface area contributed by atoms with Gasteiger partial charge in [-0.15, -0.1) is 0 Å². The van der Waals surface area contributed by atoms with Crippen LogP contribution < -0.4 is 15.4 Å². The van der Waals surface area contributed by atoms with Gasteiger partial charge in [-0.1, -0.05) is 11.6 Å². The van der Waals surface area contributed by atoms with E-state index >= 15 is 0 Å². The molecule has 0 atom stereocenters. The number of benzene rings is 2. The second-order valence-electron chi connectivity index (χ2n) is 5.25. The number of ether oxygens (including phenoxy) is 1. The average molecular weight is 373 g/mol. The molecule has 1 amide bonds. The molecule has 0 heterocycles. The Morgan fingerprint density at radius 1 is 1.16 bits per heavy atom. The first-order valence-corrected chi connectivity index (χ1v) is 7.72. The van der Waals surface area contributed by atoms with Crippen molar-refractivity contribution in [3.05, 3.63) is 52.3 Å². The minimum absolute atomic E-state index is 0.0245. The standard InChI is InChI=1S/C17H16ClF3N2O2/c1-9-7-13(14(25-2)8-10(9)18)22-6-5-15(24)23-12-4-3-11(19)16(20)17(12)21/h3-4,7-8,22H,5-6H2,1-2H3,(H,23,24). The van der Waals surface area contributed by atoms with E-state index in [9.17, 15) is 18.0 Å². The summed E-state index contributed by atoms with van der Waals surface area (Å²) in [5, 5.41) is 5.76. The summed E-state index contributed by atoms with van der Waals surface area (Å²) in [4.78, 5) is 11.8. The Morgan fingerprint density at radius 2 is 1.88 bits per heavy atom. The van der Waals surface area contributed by atoms with Crippen LogP contribution in [-0.4, -0.2) is 19.6 Å². The predicted molar refractivity (Wildman–Crippen MR) is 90.8 cm³/mol. The highest BCUT2D eigenvalue weighted by atomic mass is 35.5. The summed E-state index contributed by atoms with van der Waals surface area (Å²) in [6, 6.07) is 5.13. The fourth-order valence-corrected chi connectivity index (χ4v) is 2.27. The Kier molecular flexibility index (Phi) is 6.14. The SMILES string of the molecule is COc1cc(Cl)c(C)cc1NCCC(=O)Nc1ccc(F)c(F)c1F. The molecule has 2 aromatic carbocycles. The fraction of sp³-hybridized carbons (Fsp3) is 0.235. The lowest BCUT2D eigenvalue weighted by molar-refractivity contribution is -0.116. The van der Waals surface area contributed by atoms with Gasteiger partial charge in [-0.2, -0.15) is 0 Å². The largest absolute Gasteiger partial charge is 0.495 e. The van der Waals surface area contributed by atoms with Crippen molar-refractivity contribution in [1.29, 1.82) is 0 Å². The first-order chi connectivity index (χ1) is 11.8. The van der Waals surface area contributed by atoms with E-state index in [1.165, 1.54) is 7.11 Å². The molecule has 0 fully saturated rings. The van der Waals surface area contributed by atoms with Crippen LogP contribution in [0.5, 0.6) is 5.75 Å². The first-order valence-electron chi connectivity index (χ1n) is 7.34. The summed E-state index contributed by atoms with van der Waals surface area (Å²) in [6.45, 7) is 2.04. The van der Waals surface area contributed by atoms with Crippen LogP contribution in [0.2, 0.25) is 5.02 Å². The Morgan fingerprint density at radius 3 is 2.56 bits per heavy atom. The second kappa shape index (κ2) is 8.11. The molecule has 4 nitrogen and oxygen atoms in total. The number of aryl methyl sites for hydroxylation is 1. The van der Waals surface area contributed by atoms with Gasteiger partial charge in [-0.25, -0.2) is 13.2 Å². The number of amides is 1. The molecule has 0 radical (unpaired) electrons. The first kappa shape index (κ1) is 18.9. The van der Waals surface area contributed by atoms with Gasteiger partial charge < -0.3 is 15.4 Å². The number of halogens is 4. The lowest BCUT2D eigenvalue weighted by atomic mass is 10.2. The number of hydrogen-bond acceptors (Lipinski definition) is 3. The quantitative estimate of drug-likeness (QED) is 0.733. The third-order valence-electron chi connectivity index (χ3n) is 3.46. The van der Waals surface area contributed by atoms with Gasteiger partial charge >= 0.3 is 0 Å². The highest BCUT2D eigenvalue weighted by Gasteiger charge is 2.15. The maximum absolute atomic E-state index is 13.5. The number of hydrogen-bond donors (Lipinski definition) is 2. The van der Waals surface area contributed by atoms with Gasteiger partial charge in [0.25, 0.3) is 0 Å². The van der Waals surface area contributed by atoms with Crippen LogP contribution in [0.3, 0.4) is 0 Å². The van der Waals surface area contributed by atoms with Crippen LogP contribution in [0.15, 0.2) is 24.3 Å². The average Bonchev–Trinajstić information content (AvgIpc) is 2.58. The maximum Gasteiger partial charge on any atom is 0.226 e. The summed E-state index contributed by atoms with van der Waals surface area (Å²) >= 11 is 6.01. The Hall–Kier alpha value is -2.41. The molecule has 0 spiro atoms. The van der Waals surface area contributed by atoms with Gasteiger partial charge in [-0.3, -0.25) is 4.79 Å². The summed E-state index contributed by atoms with van der Waals surface area (Å²) in [6.07, 6.45) is -0.0245. The van der Waals surface area contributed by atoms with Crippen LogP contribution >= 0.6 is 11.6 Å². The van der Waals surface area contributed by atoms with Gasteiger partial charge in [0, 0.05) is 24.1 Å². The highest BCUT2D eigenvalue weighted by molar-refractivity contribution is 6.31. The van der Waals surface area contributed by atoms with Crippen molar-refractivity contribution in [2.45, 2.75) is 13.3 Å². The molecule has 0 aliphatic heterocycles. The number of nitrogens with one attached hydrogen (secondary N) is 2.